The molecule has 0 radical (unpaired) electrons. The second-order valence-corrected chi connectivity index (χ2v) is 6.12. The van der Waals surface area contributed by atoms with E-state index in [1.54, 1.807) is 0 Å². The Morgan fingerprint density at radius 1 is 1.26 bits per heavy atom. The smallest absolute Gasteiger partial charge is 0.0945 e. The van der Waals surface area contributed by atoms with Gasteiger partial charge in [-0.1, -0.05) is 51.1 Å². The first-order valence-corrected chi connectivity index (χ1v) is 7.60. The summed E-state index contributed by atoms with van der Waals surface area (Å²) in [6.45, 7) is 9.07. The molecule has 1 aromatic rings. The van der Waals surface area contributed by atoms with Gasteiger partial charge in [0.25, 0.3) is 0 Å². The molecule has 2 heteroatoms. The van der Waals surface area contributed by atoms with Crippen molar-refractivity contribution in [2.75, 3.05) is 13.1 Å². The Labute approximate surface area is 117 Å². The molecule has 0 amide bonds. The zero-order valence-electron chi connectivity index (χ0n) is 12.4. The summed E-state index contributed by atoms with van der Waals surface area (Å²) in [5.41, 5.74) is 1.04. The number of hydrogen-bond donors (Lipinski definition) is 1. The van der Waals surface area contributed by atoms with Crippen LogP contribution in [0, 0.1) is 11.8 Å². The molecule has 1 aromatic carbocycles. The minimum absolute atomic E-state index is 0.256. The van der Waals surface area contributed by atoms with Gasteiger partial charge in [-0.3, -0.25) is 4.90 Å². The van der Waals surface area contributed by atoms with Crippen molar-refractivity contribution in [2.24, 2.45) is 11.8 Å². The first-order chi connectivity index (χ1) is 9.13. The SMILES string of the molecule is CCC(C(O)c1ccccc1)N1CCC(C(C)C)C1. The Morgan fingerprint density at radius 2 is 1.95 bits per heavy atom. The van der Waals surface area contributed by atoms with Gasteiger partial charge in [-0.25, -0.2) is 0 Å². The first-order valence-electron chi connectivity index (χ1n) is 7.60. The second-order valence-electron chi connectivity index (χ2n) is 6.12. The van der Waals surface area contributed by atoms with Crippen LogP contribution in [0.1, 0.15) is 45.3 Å². The molecule has 19 heavy (non-hydrogen) atoms. The van der Waals surface area contributed by atoms with Gasteiger partial charge in [-0.05, 0) is 36.8 Å². The third kappa shape index (κ3) is 3.37. The molecule has 2 nitrogen and oxygen atoms in total. The van der Waals surface area contributed by atoms with Gasteiger partial charge in [0.05, 0.1) is 6.10 Å². The topological polar surface area (TPSA) is 23.5 Å². The van der Waals surface area contributed by atoms with E-state index in [4.69, 9.17) is 0 Å². The highest BCUT2D eigenvalue weighted by molar-refractivity contribution is 5.19. The maximum absolute atomic E-state index is 10.6. The van der Waals surface area contributed by atoms with Gasteiger partial charge < -0.3 is 5.11 Å². The van der Waals surface area contributed by atoms with Crippen molar-refractivity contribution in [1.29, 1.82) is 0 Å². The lowest BCUT2D eigenvalue weighted by Gasteiger charge is -2.31. The molecule has 3 unspecified atom stereocenters. The van der Waals surface area contributed by atoms with E-state index >= 15 is 0 Å². The van der Waals surface area contributed by atoms with Crippen molar-refractivity contribution >= 4 is 0 Å². The lowest BCUT2D eigenvalue weighted by Crippen LogP contribution is -2.38. The van der Waals surface area contributed by atoms with E-state index in [2.05, 4.69) is 25.7 Å². The molecule has 106 valence electrons. The van der Waals surface area contributed by atoms with Crippen LogP contribution >= 0.6 is 0 Å². The molecule has 0 saturated carbocycles. The molecule has 3 atom stereocenters. The van der Waals surface area contributed by atoms with Crippen LogP contribution in [0.2, 0.25) is 0 Å². The summed E-state index contributed by atoms with van der Waals surface area (Å²) in [4.78, 5) is 2.49. The molecule has 0 spiro atoms. The number of hydrogen-bond acceptors (Lipinski definition) is 2. The number of aliphatic hydroxyl groups is 1. The molecule has 0 aliphatic carbocycles. The minimum Gasteiger partial charge on any atom is -0.387 e. The Morgan fingerprint density at radius 3 is 2.47 bits per heavy atom. The Balaban J connectivity index is 2.04. The summed E-state index contributed by atoms with van der Waals surface area (Å²) >= 11 is 0. The predicted molar refractivity (Wildman–Crippen MR) is 80.0 cm³/mol. The zero-order chi connectivity index (χ0) is 13.8. The Kier molecular flexibility index (Phi) is 5.00. The summed E-state index contributed by atoms with van der Waals surface area (Å²) in [6.07, 6.45) is 1.91. The van der Waals surface area contributed by atoms with E-state index in [0.717, 1.165) is 36.9 Å². The molecule has 1 fully saturated rings. The maximum atomic E-state index is 10.6. The van der Waals surface area contributed by atoms with Crippen LogP contribution in [0.3, 0.4) is 0 Å². The zero-order valence-corrected chi connectivity index (χ0v) is 12.4. The van der Waals surface area contributed by atoms with E-state index in [0.29, 0.717) is 0 Å². The minimum atomic E-state index is -0.364. The molecular weight excluding hydrogens is 234 g/mol. The van der Waals surface area contributed by atoms with E-state index in [1.165, 1.54) is 6.42 Å². The number of rotatable bonds is 5. The van der Waals surface area contributed by atoms with Crippen LogP contribution in [0.4, 0.5) is 0 Å². The molecule has 1 aliphatic heterocycles. The van der Waals surface area contributed by atoms with E-state index in [9.17, 15) is 5.11 Å². The van der Waals surface area contributed by atoms with Crippen LogP contribution in [0.15, 0.2) is 30.3 Å². The van der Waals surface area contributed by atoms with Crippen LogP contribution < -0.4 is 0 Å². The number of aliphatic hydroxyl groups excluding tert-OH is 1. The van der Waals surface area contributed by atoms with Gasteiger partial charge in [0.2, 0.25) is 0 Å². The summed E-state index contributed by atoms with van der Waals surface area (Å²) in [6, 6.07) is 10.3. The fraction of sp³-hybridized carbons (Fsp3) is 0.647. The summed E-state index contributed by atoms with van der Waals surface area (Å²) < 4.78 is 0. The monoisotopic (exact) mass is 261 g/mol. The molecule has 1 heterocycles. The highest BCUT2D eigenvalue weighted by Gasteiger charge is 2.32. The lowest BCUT2D eigenvalue weighted by molar-refractivity contribution is 0.0558. The lowest BCUT2D eigenvalue weighted by atomic mass is 9.95. The van der Waals surface area contributed by atoms with E-state index in [1.807, 2.05) is 30.3 Å². The Hall–Kier alpha value is -0.860. The van der Waals surface area contributed by atoms with E-state index in [-0.39, 0.29) is 12.1 Å². The maximum Gasteiger partial charge on any atom is 0.0945 e. The van der Waals surface area contributed by atoms with Crippen molar-refractivity contribution in [1.82, 2.24) is 4.90 Å². The fourth-order valence-corrected chi connectivity index (χ4v) is 3.21. The summed E-state index contributed by atoms with van der Waals surface area (Å²) in [5.74, 6) is 1.54. The summed E-state index contributed by atoms with van der Waals surface area (Å²) in [7, 11) is 0. The van der Waals surface area contributed by atoms with Crippen LogP contribution in [0.5, 0.6) is 0 Å². The number of likely N-dealkylation sites (tertiary alicyclic amines) is 1. The van der Waals surface area contributed by atoms with Gasteiger partial charge in [-0.2, -0.15) is 0 Å². The average Bonchev–Trinajstić information content (AvgIpc) is 2.90. The van der Waals surface area contributed by atoms with Gasteiger partial charge in [0, 0.05) is 12.6 Å². The van der Waals surface area contributed by atoms with Gasteiger partial charge >= 0.3 is 0 Å². The second kappa shape index (κ2) is 6.53. The van der Waals surface area contributed by atoms with Crippen molar-refractivity contribution in [2.45, 2.75) is 45.8 Å². The molecule has 1 saturated heterocycles. The molecule has 0 aromatic heterocycles. The molecule has 2 rings (SSSR count). The van der Waals surface area contributed by atoms with Gasteiger partial charge in [0.15, 0.2) is 0 Å². The number of benzene rings is 1. The fourth-order valence-electron chi connectivity index (χ4n) is 3.21. The highest BCUT2D eigenvalue weighted by Crippen LogP contribution is 2.30. The van der Waals surface area contributed by atoms with E-state index < -0.39 is 0 Å². The van der Waals surface area contributed by atoms with Crippen LogP contribution in [0.25, 0.3) is 0 Å². The molecular formula is C17H27NO. The molecule has 1 aliphatic rings. The predicted octanol–water partition coefficient (Wildman–Crippen LogP) is 3.48. The quantitative estimate of drug-likeness (QED) is 0.877. The van der Waals surface area contributed by atoms with Crippen LogP contribution in [-0.2, 0) is 0 Å². The van der Waals surface area contributed by atoms with Gasteiger partial charge in [-0.15, -0.1) is 0 Å². The van der Waals surface area contributed by atoms with Crippen molar-refractivity contribution in [3.63, 3.8) is 0 Å². The first kappa shape index (κ1) is 14.5. The number of nitrogens with zero attached hydrogens (tertiary/aromatic N) is 1. The standard InChI is InChI=1S/C17H27NO/c1-4-16(17(19)14-8-6-5-7-9-14)18-11-10-15(12-18)13(2)3/h5-9,13,15-17,19H,4,10-12H2,1-3H3. The van der Waals surface area contributed by atoms with Gasteiger partial charge in [0.1, 0.15) is 0 Å². The third-order valence-corrected chi connectivity index (χ3v) is 4.59. The van der Waals surface area contributed by atoms with Crippen LogP contribution in [-0.4, -0.2) is 29.1 Å². The third-order valence-electron chi connectivity index (χ3n) is 4.59. The van der Waals surface area contributed by atoms with Crippen molar-refractivity contribution in [3.8, 4) is 0 Å². The van der Waals surface area contributed by atoms with Crippen molar-refractivity contribution in [3.05, 3.63) is 35.9 Å². The normalized spacial score (nSPS) is 23.7. The largest absolute Gasteiger partial charge is 0.387 e. The molecule has 1 N–H and O–H groups in total. The summed E-state index contributed by atoms with van der Waals surface area (Å²) in [5, 5.41) is 10.6. The van der Waals surface area contributed by atoms with Crippen molar-refractivity contribution < 1.29 is 5.11 Å². The average molecular weight is 261 g/mol. The highest BCUT2D eigenvalue weighted by atomic mass is 16.3. The molecule has 0 bridgehead atoms. The Bertz CT molecular complexity index is 376.